The summed E-state index contributed by atoms with van der Waals surface area (Å²) in [6.45, 7) is 1.73. The Morgan fingerprint density at radius 1 is 1.32 bits per heavy atom. The molecule has 9 heteroatoms. The van der Waals surface area contributed by atoms with Crippen LogP contribution in [0.25, 0.3) is 4.96 Å². The zero-order valence-corrected chi connectivity index (χ0v) is 16.5. The fourth-order valence-corrected chi connectivity index (χ4v) is 6.00. The van der Waals surface area contributed by atoms with Crippen LogP contribution >= 0.6 is 23.1 Å². The van der Waals surface area contributed by atoms with Gasteiger partial charge in [-0.2, -0.15) is 0 Å². The molecule has 28 heavy (non-hydrogen) atoms. The molecular weight excluding hydrogens is 398 g/mol. The van der Waals surface area contributed by atoms with Crippen LogP contribution in [0.1, 0.15) is 24.2 Å². The van der Waals surface area contributed by atoms with Gasteiger partial charge in [-0.05, 0) is 19.1 Å². The summed E-state index contributed by atoms with van der Waals surface area (Å²) in [5.74, 6) is -0.565. The highest BCUT2D eigenvalue weighted by Gasteiger charge is 2.58. The summed E-state index contributed by atoms with van der Waals surface area (Å²) in [4.78, 5) is 44.1. The van der Waals surface area contributed by atoms with Crippen molar-refractivity contribution in [2.24, 2.45) is 0 Å². The van der Waals surface area contributed by atoms with Gasteiger partial charge < -0.3 is 4.74 Å². The number of thiazole rings is 1. The van der Waals surface area contributed by atoms with Gasteiger partial charge in [-0.3, -0.25) is 18.9 Å². The average Bonchev–Trinajstić information content (AvgIpc) is 3.32. The molecule has 4 heterocycles. The second kappa shape index (κ2) is 6.18. The molecule has 5 rings (SSSR count). The lowest BCUT2D eigenvalue weighted by Crippen LogP contribution is -2.47. The third-order valence-corrected chi connectivity index (χ3v) is 7.37. The molecule has 1 atom stereocenters. The number of aromatic nitrogens is 2. The fraction of sp³-hybridized carbons (Fsp3) is 0.263. The van der Waals surface area contributed by atoms with Gasteiger partial charge in [-0.25, -0.2) is 9.78 Å². The Kier molecular flexibility index (Phi) is 3.85. The number of ether oxygens (including phenoxy) is 1. The molecule has 2 aliphatic heterocycles. The van der Waals surface area contributed by atoms with E-state index >= 15 is 0 Å². The number of carbonyl (C=O) groups excluding carboxylic acids is 2. The Bertz CT molecular complexity index is 1200. The highest BCUT2D eigenvalue weighted by Crippen LogP contribution is 2.56. The van der Waals surface area contributed by atoms with Gasteiger partial charge in [0.15, 0.2) is 9.83 Å². The maximum atomic E-state index is 13.0. The van der Waals surface area contributed by atoms with Crippen LogP contribution in [-0.4, -0.2) is 26.1 Å². The summed E-state index contributed by atoms with van der Waals surface area (Å²) in [5, 5.41) is 1.85. The summed E-state index contributed by atoms with van der Waals surface area (Å²) in [6.07, 6.45) is 0.694. The maximum Gasteiger partial charge on any atom is 0.343 e. The van der Waals surface area contributed by atoms with E-state index in [4.69, 9.17) is 4.74 Å². The molecule has 142 valence electrons. The van der Waals surface area contributed by atoms with Crippen LogP contribution in [0.2, 0.25) is 0 Å². The molecule has 1 fully saturated rings. The number of hydrogen-bond donors (Lipinski definition) is 0. The van der Waals surface area contributed by atoms with Gasteiger partial charge in [0.05, 0.1) is 11.4 Å². The number of thioether (sulfide) groups is 1. The standard InChI is InChI=1S/C19H15N3O4S2/c1-11-10-27-18-20-12(8-16(24)21(11)18)9-26-17(25)19-7-6-15(23)22(19)13-4-2-3-5-14(13)28-19/h2-5,8,10H,6-7,9H2,1H3. The van der Waals surface area contributed by atoms with Crippen molar-refractivity contribution in [1.82, 2.24) is 9.38 Å². The van der Waals surface area contributed by atoms with Gasteiger partial charge in [0.2, 0.25) is 5.91 Å². The first-order valence-corrected chi connectivity index (χ1v) is 10.4. The number of hydrogen-bond acceptors (Lipinski definition) is 7. The summed E-state index contributed by atoms with van der Waals surface area (Å²) in [5.41, 5.74) is 1.76. The number of carbonyl (C=O) groups is 2. The van der Waals surface area contributed by atoms with Gasteiger partial charge in [0.1, 0.15) is 6.61 Å². The van der Waals surface area contributed by atoms with Crippen LogP contribution in [0.3, 0.4) is 0 Å². The molecule has 0 radical (unpaired) electrons. The molecule has 1 unspecified atom stereocenters. The number of para-hydroxylation sites is 1. The van der Waals surface area contributed by atoms with Crippen molar-refractivity contribution >= 4 is 45.6 Å². The first kappa shape index (κ1) is 17.4. The first-order valence-electron chi connectivity index (χ1n) is 8.75. The second-order valence-electron chi connectivity index (χ2n) is 6.74. The number of fused-ring (bicyclic) bond motifs is 4. The molecule has 0 aliphatic carbocycles. The number of aryl methyl sites for hydroxylation is 1. The van der Waals surface area contributed by atoms with Crippen molar-refractivity contribution in [3.8, 4) is 0 Å². The monoisotopic (exact) mass is 413 g/mol. The Balaban J connectivity index is 1.42. The van der Waals surface area contributed by atoms with E-state index in [0.29, 0.717) is 23.5 Å². The molecular formula is C19H15N3O4S2. The van der Waals surface area contributed by atoms with Gasteiger partial charge in [-0.15, -0.1) is 11.3 Å². The lowest BCUT2D eigenvalue weighted by molar-refractivity contribution is -0.148. The Morgan fingerprint density at radius 2 is 2.14 bits per heavy atom. The van der Waals surface area contributed by atoms with Crippen LogP contribution in [0.5, 0.6) is 0 Å². The van der Waals surface area contributed by atoms with Crippen molar-refractivity contribution in [3.63, 3.8) is 0 Å². The molecule has 0 N–H and O–H groups in total. The number of esters is 1. The van der Waals surface area contributed by atoms with Crippen LogP contribution in [0, 0.1) is 6.92 Å². The Hall–Kier alpha value is -2.65. The molecule has 1 saturated heterocycles. The lowest BCUT2D eigenvalue weighted by atomic mass is 10.2. The SMILES string of the molecule is Cc1csc2nc(COC(=O)C34CCC(=O)N3c3ccccc3S4)cc(=O)n12. The minimum Gasteiger partial charge on any atom is -0.457 e. The molecule has 1 aromatic carbocycles. The lowest BCUT2D eigenvalue weighted by Gasteiger charge is -2.28. The molecule has 1 amide bonds. The quantitative estimate of drug-likeness (QED) is 0.614. The maximum absolute atomic E-state index is 13.0. The fourth-order valence-electron chi connectivity index (χ4n) is 3.70. The highest BCUT2D eigenvalue weighted by atomic mass is 32.2. The molecule has 0 saturated carbocycles. The Labute approximate surface area is 168 Å². The summed E-state index contributed by atoms with van der Waals surface area (Å²) in [7, 11) is 0. The van der Waals surface area contributed by atoms with E-state index < -0.39 is 10.8 Å². The van der Waals surface area contributed by atoms with Crippen LogP contribution in [-0.2, 0) is 20.9 Å². The van der Waals surface area contributed by atoms with Crippen molar-refractivity contribution in [1.29, 1.82) is 0 Å². The van der Waals surface area contributed by atoms with E-state index in [0.717, 1.165) is 16.3 Å². The van der Waals surface area contributed by atoms with Crippen LogP contribution in [0.15, 0.2) is 45.4 Å². The highest BCUT2D eigenvalue weighted by molar-refractivity contribution is 8.02. The van der Waals surface area contributed by atoms with E-state index in [1.165, 1.54) is 33.6 Å². The molecule has 2 aromatic heterocycles. The van der Waals surface area contributed by atoms with Gasteiger partial charge in [0, 0.05) is 34.9 Å². The molecule has 2 aliphatic rings. The zero-order valence-electron chi connectivity index (χ0n) is 14.9. The van der Waals surface area contributed by atoms with Gasteiger partial charge in [-0.1, -0.05) is 23.9 Å². The topological polar surface area (TPSA) is 81.0 Å². The number of amides is 1. The summed E-state index contributed by atoms with van der Waals surface area (Å²) in [6, 6.07) is 8.85. The number of anilines is 1. The minimum absolute atomic E-state index is 0.0822. The molecule has 7 nitrogen and oxygen atoms in total. The number of nitrogens with zero attached hydrogens (tertiary/aromatic N) is 3. The van der Waals surface area contributed by atoms with E-state index in [-0.39, 0.29) is 18.1 Å². The smallest absolute Gasteiger partial charge is 0.343 e. The molecule has 0 spiro atoms. The third-order valence-electron chi connectivity index (χ3n) is 4.97. The van der Waals surface area contributed by atoms with E-state index in [2.05, 4.69) is 4.98 Å². The predicted molar refractivity (Wildman–Crippen MR) is 106 cm³/mol. The normalized spacial score (nSPS) is 20.5. The summed E-state index contributed by atoms with van der Waals surface area (Å²) < 4.78 is 7.07. The predicted octanol–water partition coefficient (Wildman–Crippen LogP) is 2.74. The van der Waals surface area contributed by atoms with Crippen molar-refractivity contribution in [2.75, 3.05) is 4.90 Å². The largest absolute Gasteiger partial charge is 0.457 e. The first-order chi connectivity index (χ1) is 13.5. The van der Waals surface area contributed by atoms with Gasteiger partial charge >= 0.3 is 5.97 Å². The minimum atomic E-state index is -1.07. The van der Waals surface area contributed by atoms with Crippen molar-refractivity contribution < 1.29 is 14.3 Å². The summed E-state index contributed by atoms with van der Waals surface area (Å²) >= 11 is 2.72. The number of rotatable bonds is 3. The second-order valence-corrected chi connectivity index (χ2v) is 8.90. The van der Waals surface area contributed by atoms with Crippen LogP contribution in [0.4, 0.5) is 5.69 Å². The Morgan fingerprint density at radius 3 is 3.00 bits per heavy atom. The van der Waals surface area contributed by atoms with E-state index in [9.17, 15) is 14.4 Å². The average molecular weight is 413 g/mol. The third kappa shape index (κ3) is 2.43. The molecule has 0 bridgehead atoms. The van der Waals surface area contributed by atoms with Gasteiger partial charge in [0.25, 0.3) is 5.56 Å². The van der Waals surface area contributed by atoms with Crippen molar-refractivity contribution in [2.45, 2.75) is 36.1 Å². The van der Waals surface area contributed by atoms with Crippen LogP contribution < -0.4 is 10.5 Å². The van der Waals surface area contributed by atoms with Crippen molar-refractivity contribution in [3.05, 3.63) is 57.5 Å². The number of benzene rings is 1. The van der Waals surface area contributed by atoms with E-state index in [1.54, 1.807) is 4.90 Å². The molecule has 3 aromatic rings. The van der Waals surface area contributed by atoms with E-state index in [1.807, 2.05) is 36.6 Å². The zero-order chi connectivity index (χ0) is 19.5.